The predicted molar refractivity (Wildman–Crippen MR) is 90.9 cm³/mol. The highest BCUT2D eigenvalue weighted by Crippen LogP contribution is 2.19. The first-order valence-corrected chi connectivity index (χ1v) is 9.32. The van der Waals surface area contributed by atoms with Crippen LogP contribution < -0.4 is 10.6 Å². The second-order valence-corrected chi connectivity index (χ2v) is 7.50. The zero-order valence-electron chi connectivity index (χ0n) is 13.5. The van der Waals surface area contributed by atoms with Gasteiger partial charge in [-0.1, -0.05) is 18.2 Å². The van der Waals surface area contributed by atoms with Crippen molar-refractivity contribution in [3.05, 3.63) is 54.6 Å². The number of hydrogen-bond acceptors (Lipinski definition) is 6. The van der Waals surface area contributed by atoms with Gasteiger partial charge < -0.3 is 10.6 Å². The molecule has 1 amide bonds. The molecule has 1 aromatic carbocycles. The van der Waals surface area contributed by atoms with Crippen LogP contribution in [0.15, 0.2) is 53.9 Å². The van der Waals surface area contributed by atoms with E-state index in [4.69, 9.17) is 0 Å². The Labute approximate surface area is 146 Å². The Hall–Kier alpha value is -2.36. The number of nitrogens with zero attached hydrogens (tertiary/aromatic N) is 3. The van der Waals surface area contributed by atoms with Gasteiger partial charge in [0.25, 0.3) is 0 Å². The minimum atomic E-state index is -3.73. The van der Waals surface area contributed by atoms with E-state index in [1.807, 2.05) is 0 Å². The van der Waals surface area contributed by atoms with Gasteiger partial charge in [-0.05, 0) is 12.1 Å². The summed E-state index contributed by atoms with van der Waals surface area (Å²) in [5.74, 6) is -0.351. The first-order chi connectivity index (χ1) is 12.1. The summed E-state index contributed by atoms with van der Waals surface area (Å²) in [7, 11) is -3.73. The van der Waals surface area contributed by atoms with Gasteiger partial charge in [0, 0.05) is 44.1 Å². The zero-order valence-corrected chi connectivity index (χ0v) is 14.3. The van der Waals surface area contributed by atoms with E-state index in [2.05, 4.69) is 20.6 Å². The minimum absolute atomic E-state index is 0.186. The van der Waals surface area contributed by atoms with Gasteiger partial charge >= 0.3 is 0 Å². The van der Waals surface area contributed by atoms with Crippen molar-refractivity contribution < 1.29 is 13.2 Å². The van der Waals surface area contributed by atoms with Crippen molar-refractivity contribution in [3.63, 3.8) is 0 Å². The summed E-state index contributed by atoms with van der Waals surface area (Å²) in [6.45, 7) is 1.25. The van der Waals surface area contributed by atoms with Crippen LogP contribution in [0.3, 0.4) is 0 Å². The molecule has 1 saturated heterocycles. The largest absolute Gasteiger partial charge is 0.350 e. The fourth-order valence-corrected chi connectivity index (χ4v) is 4.26. The molecule has 1 aliphatic rings. The number of piperazine rings is 1. The first-order valence-electron chi connectivity index (χ1n) is 7.88. The molecule has 0 bridgehead atoms. The molecule has 1 aliphatic heterocycles. The molecule has 0 saturated carbocycles. The highest BCUT2D eigenvalue weighted by molar-refractivity contribution is 7.89. The SMILES string of the molecule is O=C(NCc1cncnc1)C1CNCCN1S(=O)(=O)c1ccccc1. The van der Waals surface area contributed by atoms with Crippen LogP contribution in [0.25, 0.3) is 0 Å². The molecule has 0 spiro atoms. The molecule has 2 aromatic rings. The molecule has 3 rings (SSSR count). The van der Waals surface area contributed by atoms with E-state index in [0.29, 0.717) is 6.54 Å². The number of carbonyl (C=O) groups is 1. The second-order valence-electron chi connectivity index (χ2n) is 5.61. The van der Waals surface area contributed by atoms with E-state index in [-0.39, 0.29) is 30.4 Å². The van der Waals surface area contributed by atoms with Gasteiger partial charge in [-0.3, -0.25) is 4.79 Å². The molecule has 1 unspecified atom stereocenters. The quantitative estimate of drug-likeness (QED) is 0.761. The second kappa shape index (κ2) is 7.68. The Kier molecular flexibility index (Phi) is 5.37. The Balaban J connectivity index is 1.75. The fraction of sp³-hybridized carbons (Fsp3) is 0.312. The van der Waals surface area contributed by atoms with E-state index < -0.39 is 16.1 Å². The van der Waals surface area contributed by atoms with Crippen molar-refractivity contribution in [2.45, 2.75) is 17.5 Å². The topological polar surface area (TPSA) is 104 Å². The molecule has 8 nitrogen and oxygen atoms in total. The van der Waals surface area contributed by atoms with Crippen LogP contribution in [-0.4, -0.2) is 54.3 Å². The summed E-state index contributed by atoms with van der Waals surface area (Å²) >= 11 is 0. The lowest BCUT2D eigenvalue weighted by atomic mass is 10.2. The molecule has 0 radical (unpaired) electrons. The Morgan fingerprint density at radius 2 is 1.96 bits per heavy atom. The number of sulfonamides is 1. The molecule has 132 valence electrons. The van der Waals surface area contributed by atoms with Crippen LogP contribution in [0, 0.1) is 0 Å². The van der Waals surface area contributed by atoms with Crippen molar-refractivity contribution >= 4 is 15.9 Å². The number of aromatic nitrogens is 2. The zero-order chi connectivity index (χ0) is 17.7. The summed E-state index contributed by atoms with van der Waals surface area (Å²) in [5, 5.41) is 5.83. The van der Waals surface area contributed by atoms with Crippen LogP contribution in [-0.2, 0) is 21.4 Å². The predicted octanol–water partition coefficient (Wildman–Crippen LogP) is -0.244. The van der Waals surface area contributed by atoms with Crippen molar-refractivity contribution in [3.8, 4) is 0 Å². The summed E-state index contributed by atoms with van der Waals surface area (Å²) in [6.07, 6.45) is 4.61. The lowest BCUT2D eigenvalue weighted by Gasteiger charge is -2.34. The molecule has 1 aromatic heterocycles. The molecule has 2 heterocycles. The van der Waals surface area contributed by atoms with Crippen molar-refractivity contribution in [2.75, 3.05) is 19.6 Å². The number of hydrogen-bond donors (Lipinski definition) is 2. The number of benzene rings is 1. The van der Waals surface area contributed by atoms with E-state index in [1.54, 1.807) is 30.6 Å². The summed E-state index contributed by atoms with van der Waals surface area (Å²) in [6, 6.07) is 7.35. The van der Waals surface area contributed by atoms with Crippen molar-refractivity contribution in [1.29, 1.82) is 0 Å². The molecule has 9 heteroatoms. The fourth-order valence-electron chi connectivity index (χ4n) is 2.65. The van der Waals surface area contributed by atoms with Crippen molar-refractivity contribution in [2.24, 2.45) is 0 Å². The lowest BCUT2D eigenvalue weighted by molar-refractivity contribution is -0.125. The maximum Gasteiger partial charge on any atom is 0.243 e. The van der Waals surface area contributed by atoms with Crippen LogP contribution in [0.1, 0.15) is 5.56 Å². The highest BCUT2D eigenvalue weighted by atomic mass is 32.2. The van der Waals surface area contributed by atoms with Gasteiger partial charge in [0.2, 0.25) is 15.9 Å². The molecular formula is C16H19N5O3S. The highest BCUT2D eigenvalue weighted by Gasteiger charge is 2.37. The average Bonchev–Trinajstić information content (AvgIpc) is 2.67. The van der Waals surface area contributed by atoms with Crippen LogP contribution in [0.4, 0.5) is 0 Å². The minimum Gasteiger partial charge on any atom is -0.350 e. The molecular weight excluding hydrogens is 342 g/mol. The standard InChI is InChI=1S/C16H19N5O3S/c22-16(20-10-13-8-18-12-19-9-13)15-11-17-6-7-21(15)25(23,24)14-4-2-1-3-5-14/h1-5,8-9,12,15,17H,6-7,10-11H2,(H,20,22). The summed E-state index contributed by atoms with van der Waals surface area (Å²) in [5.41, 5.74) is 0.747. The smallest absolute Gasteiger partial charge is 0.243 e. The number of rotatable bonds is 5. The molecule has 25 heavy (non-hydrogen) atoms. The maximum atomic E-state index is 12.9. The van der Waals surface area contributed by atoms with Crippen LogP contribution in [0.5, 0.6) is 0 Å². The van der Waals surface area contributed by atoms with Crippen LogP contribution >= 0.6 is 0 Å². The third-order valence-electron chi connectivity index (χ3n) is 3.93. The maximum absolute atomic E-state index is 12.9. The lowest BCUT2D eigenvalue weighted by Crippen LogP contribution is -2.59. The number of amides is 1. The van der Waals surface area contributed by atoms with Gasteiger partial charge in [0.05, 0.1) is 4.90 Å². The van der Waals surface area contributed by atoms with Gasteiger partial charge in [-0.2, -0.15) is 4.31 Å². The monoisotopic (exact) mass is 361 g/mol. The number of carbonyl (C=O) groups excluding carboxylic acids is 1. The number of nitrogens with one attached hydrogen (secondary N) is 2. The average molecular weight is 361 g/mol. The van der Waals surface area contributed by atoms with Crippen molar-refractivity contribution in [1.82, 2.24) is 24.9 Å². The normalized spacial score (nSPS) is 18.6. The Morgan fingerprint density at radius 1 is 1.24 bits per heavy atom. The molecule has 0 aliphatic carbocycles. The van der Waals surface area contributed by atoms with Gasteiger partial charge in [0.1, 0.15) is 12.4 Å². The van der Waals surface area contributed by atoms with Crippen LogP contribution in [0.2, 0.25) is 0 Å². The third kappa shape index (κ3) is 4.01. The van der Waals surface area contributed by atoms with E-state index in [1.165, 1.54) is 22.8 Å². The van der Waals surface area contributed by atoms with E-state index >= 15 is 0 Å². The summed E-state index contributed by atoms with van der Waals surface area (Å²) in [4.78, 5) is 20.5. The van der Waals surface area contributed by atoms with E-state index in [0.717, 1.165) is 5.56 Å². The molecule has 1 atom stereocenters. The van der Waals surface area contributed by atoms with Gasteiger partial charge in [-0.15, -0.1) is 0 Å². The third-order valence-corrected chi connectivity index (χ3v) is 5.85. The van der Waals surface area contributed by atoms with Gasteiger partial charge in [0.15, 0.2) is 0 Å². The Bertz CT molecular complexity index is 814. The molecule has 1 fully saturated rings. The Morgan fingerprint density at radius 3 is 2.68 bits per heavy atom. The molecule has 2 N–H and O–H groups in total. The van der Waals surface area contributed by atoms with E-state index in [9.17, 15) is 13.2 Å². The summed E-state index contributed by atoms with van der Waals surface area (Å²) < 4.78 is 27.0. The van der Waals surface area contributed by atoms with Gasteiger partial charge in [-0.25, -0.2) is 18.4 Å². The first kappa shape index (κ1) is 17.5.